The molecule has 0 aromatic rings. The van der Waals surface area contributed by atoms with Crippen molar-refractivity contribution in [2.75, 3.05) is 0 Å². The molecule has 1 unspecified atom stereocenters. The van der Waals surface area contributed by atoms with E-state index in [-0.39, 0.29) is 0 Å². The molecule has 0 bridgehead atoms. The van der Waals surface area contributed by atoms with E-state index in [4.69, 9.17) is 0 Å². The summed E-state index contributed by atoms with van der Waals surface area (Å²) in [5.41, 5.74) is 0. The van der Waals surface area contributed by atoms with E-state index in [1.54, 1.807) is 6.29 Å². The highest BCUT2D eigenvalue weighted by molar-refractivity contribution is 6.40. The number of ketones is 2. The molecular weight excluding hydrogens is 132 g/mol. The number of hydrogen-bond donors (Lipinski definition) is 0. The monoisotopic (exact) mass is 139 g/mol. The fraction of sp³-hybridized carbons (Fsp3) is 0.571. The lowest BCUT2D eigenvalue weighted by Gasteiger charge is -2.11. The molecule has 0 spiro atoms. The third kappa shape index (κ3) is 1.12. The van der Waals surface area contributed by atoms with Crippen LogP contribution in [0.3, 0.4) is 0 Å². The molecule has 0 aromatic heterocycles. The van der Waals surface area contributed by atoms with Gasteiger partial charge in [0.2, 0.25) is 12.1 Å². The summed E-state index contributed by atoms with van der Waals surface area (Å²) >= 11 is 0. The number of hydrogen-bond acceptors (Lipinski definition) is 3. The molecule has 0 amide bonds. The van der Waals surface area contributed by atoms with E-state index in [0.717, 1.165) is 0 Å². The molecule has 3 heteroatoms. The molecule has 1 rings (SSSR count). The lowest BCUT2D eigenvalue weighted by molar-refractivity contribution is -0.139. The smallest absolute Gasteiger partial charge is 0.210 e. The average molecular weight is 139 g/mol. The van der Waals surface area contributed by atoms with Crippen molar-refractivity contribution in [2.45, 2.75) is 19.3 Å². The number of rotatable bonds is 1. The Hall–Kier alpha value is -0.990. The van der Waals surface area contributed by atoms with Gasteiger partial charge in [-0.1, -0.05) is 0 Å². The van der Waals surface area contributed by atoms with Gasteiger partial charge in [0.05, 0.1) is 5.92 Å². The van der Waals surface area contributed by atoms with Crippen molar-refractivity contribution < 1.29 is 14.4 Å². The lowest BCUT2D eigenvalue weighted by atomic mass is 9.88. The highest BCUT2D eigenvalue weighted by Gasteiger charge is 2.29. The molecule has 0 saturated heterocycles. The molecule has 1 atom stereocenters. The van der Waals surface area contributed by atoms with E-state index >= 15 is 0 Å². The van der Waals surface area contributed by atoms with Crippen LogP contribution in [-0.4, -0.2) is 17.9 Å². The van der Waals surface area contributed by atoms with Crippen molar-refractivity contribution in [3.05, 3.63) is 0 Å². The van der Waals surface area contributed by atoms with Gasteiger partial charge in [0.25, 0.3) is 0 Å². The van der Waals surface area contributed by atoms with Crippen molar-refractivity contribution in [3.8, 4) is 0 Å². The molecule has 53 valence electrons. The lowest BCUT2D eigenvalue weighted by Crippen LogP contribution is -2.29. The molecule has 1 radical (unpaired) electrons. The summed E-state index contributed by atoms with van der Waals surface area (Å²) in [4.78, 5) is 31.4. The first-order valence-electron chi connectivity index (χ1n) is 3.20. The van der Waals surface area contributed by atoms with E-state index in [1.807, 2.05) is 0 Å². The maximum absolute atomic E-state index is 10.7. The van der Waals surface area contributed by atoms with Crippen molar-refractivity contribution in [2.24, 2.45) is 5.92 Å². The largest absolute Gasteiger partial charge is 0.291 e. The quantitative estimate of drug-likeness (QED) is 0.380. The van der Waals surface area contributed by atoms with Gasteiger partial charge in [0, 0.05) is 6.42 Å². The summed E-state index contributed by atoms with van der Waals surface area (Å²) in [5, 5.41) is 0. The van der Waals surface area contributed by atoms with E-state index in [2.05, 4.69) is 0 Å². The second-order valence-corrected chi connectivity index (χ2v) is 2.35. The van der Waals surface area contributed by atoms with Gasteiger partial charge in [0.15, 0.2) is 5.78 Å². The topological polar surface area (TPSA) is 51.2 Å². The van der Waals surface area contributed by atoms with Crippen LogP contribution >= 0.6 is 0 Å². The highest BCUT2D eigenvalue weighted by Crippen LogP contribution is 2.15. The average Bonchev–Trinajstić information content (AvgIpc) is 1.95. The summed E-state index contributed by atoms with van der Waals surface area (Å²) in [5.74, 6) is -1.73. The van der Waals surface area contributed by atoms with Gasteiger partial charge in [-0.25, -0.2) is 0 Å². The van der Waals surface area contributed by atoms with Crippen LogP contribution in [0.5, 0.6) is 0 Å². The molecular formula is C7H7O3. The van der Waals surface area contributed by atoms with Gasteiger partial charge >= 0.3 is 0 Å². The molecule has 0 aliphatic heterocycles. The molecule has 0 heterocycles. The Balaban J connectivity index is 2.68. The SMILES string of the molecule is O=[C]C1CCCC(=O)C1=O. The van der Waals surface area contributed by atoms with Crippen LogP contribution in [0.1, 0.15) is 19.3 Å². The van der Waals surface area contributed by atoms with Crippen LogP contribution in [0, 0.1) is 5.92 Å². The standard InChI is InChI=1S/C7H7O3/c8-4-5-2-1-3-6(9)7(5)10/h5H,1-3H2. The maximum Gasteiger partial charge on any atom is 0.210 e. The highest BCUT2D eigenvalue weighted by atomic mass is 16.2. The maximum atomic E-state index is 10.7. The fourth-order valence-corrected chi connectivity index (χ4v) is 1.03. The molecule has 1 fully saturated rings. The summed E-state index contributed by atoms with van der Waals surface area (Å²) in [6.45, 7) is 0. The summed E-state index contributed by atoms with van der Waals surface area (Å²) in [7, 11) is 0. The minimum Gasteiger partial charge on any atom is -0.291 e. The first-order valence-corrected chi connectivity index (χ1v) is 3.20. The summed E-state index contributed by atoms with van der Waals surface area (Å²) < 4.78 is 0. The number of carbonyl (C=O) groups is 2. The molecule has 1 aliphatic rings. The van der Waals surface area contributed by atoms with Gasteiger partial charge in [-0.3, -0.25) is 14.4 Å². The predicted octanol–water partition coefficient (Wildman–Crippen LogP) is 0.0344. The van der Waals surface area contributed by atoms with Gasteiger partial charge in [-0.2, -0.15) is 0 Å². The summed E-state index contributed by atoms with van der Waals surface area (Å²) in [6, 6.07) is 0. The molecule has 1 saturated carbocycles. The normalized spacial score (nSPS) is 26.6. The van der Waals surface area contributed by atoms with Crippen LogP contribution in [0.25, 0.3) is 0 Å². The van der Waals surface area contributed by atoms with Crippen molar-refractivity contribution in [1.82, 2.24) is 0 Å². The van der Waals surface area contributed by atoms with Crippen LogP contribution in [-0.2, 0) is 14.4 Å². The van der Waals surface area contributed by atoms with Crippen LogP contribution < -0.4 is 0 Å². The van der Waals surface area contributed by atoms with Crippen LogP contribution in [0.4, 0.5) is 0 Å². The zero-order valence-corrected chi connectivity index (χ0v) is 5.42. The third-order valence-electron chi connectivity index (χ3n) is 1.63. The van der Waals surface area contributed by atoms with Gasteiger partial charge in [-0.15, -0.1) is 0 Å². The summed E-state index contributed by atoms with van der Waals surface area (Å²) in [6.07, 6.45) is 3.00. The van der Waals surface area contributed by atoms with E-state index in [0.29, 0.717) is 19.3 Å². The van der Waals surface area contributed by atoms with Crippen molar-refractivity contribution in [1.29, 1.82) is 0 Å². The van der Waals surface area contributed by atoms with Crippen molar-refractivity contribution in [3.63, 3.8) is 0 Å². The van der Waals surface area contributed by atoms with E-state index in [1.165, 1.54) is 0 Å². The van der Waals surface area contributed by atoms with E-state index < -0.39 is 17.5 Å². The second-order valence-electron chi connectivity index (χ2n) is 2.35. The minimum atomic E-state index is -0.763. The fourth-order valence-electron chi connectivity index (χ4n) is 1.03. The Bertz CT molecular complexity index is 183. The van der Waals surface area contributed by atoms with Gasteiger partial charge < -0.3 is 0 Å². The second kappa shape index (κ2) is 2.73. The number of Topliss-reactive ketones (excluding diaryl/α,β-unsaturated/α-hetero) is 2. The first-order chi connectivity index (χ1) is 4.75. The van der Waals surface area contributed by atoms with Crippen LogP contribution in [0.2, 0.25) is 0 Å². The molecule has 0 N–H and O–H groups in total. The Morgan fingerprint density at radius 1 is 1.40 bits per heavy atom. The van der Waals surface area contributed by atoms with Gasteiger partial charge in [-0.05, 0) is 12.8 Å². The Morgan fingerprint density at radius 3 is 2.60 bits per heavy atom. The Kier molecular flexibility index (Phi) is 1.94. The molecule has 0 aromatic carbocycles. The van der Waals surface area contributed by atoms with E-state index in [9.17, 15) is 14.4 Å². The first kappa shape index (κ1) is 7.12. The predicted molar refractivity (Wildman–Crippen MR) is 33.0 cm³/mol. The Morgan fingerprint density at radius 2 is 2.10 bits per heavy atom. The third-order valence-corrected chi connectivity index (χ3v) is 1.63. The molecule has 3 nitrogen and oxygen atoms in total. The zero-order valence-electron chi connectivity index (χ0n) is 5.42. The zero-order chi connectivity index (χ0) is 7.56. The minimum absolute atomic E-state index is 0.303. The van der Waals surface area contributed by atoms with Crippen LogP contribution in [0.15, 0.2) is 0 Å². The Labute approximate surface area is 58.4 Å². The van der Waals surface area contributed by atoms with Crippen molar-refractivity contribution >= 4 is 17.9 Å². The molecule has 10 heavy (non-hydrogen) atoms. The molecule has 1 aliphatic carbocycles. The number of carbonyl (C=O) groups excluding carboxylic acids is 3. The van der Waals surface area contributed by atoms with Gasteiger partial charge in [0.1, 0.15) is 0 Å².